The zero-order chi connectivity index (χ0) is 15.2. The molecule has 4 nitrogen and oxygen atoms in total. The summed E-state index contributed by atoms with van der Waals surface area (Å²) >= 11 is 12.5. The second-order valence-electron chi connectivity index (χ2n) is 4.13. The molecule has 0 saturated heterocycles. The van der Waals surface area contributed by atoms with Gasteiger partial charge in [0.25, 0.3) is 5.69 Å². The van der Waals surface area contributed by atoms with Crippen LogP contribution >= 0.6 is 35.6 Å². The van der Waals surface area contributed by atoms with Crippen molar-refractivity contribution in [1.82, 2.24) is 0 Å². The molecule has 2 rings (SSSR count). The van der Waals surface area contributed by atoms with Crippen molar-refractivity contribution < 1.29 is 4.92 Å². The van der Waals surface area contributed by atoms with Gasteiger partial charge >= 0.3 is 0 Å². The first-order valence-corrected chi connectivity index (χ1v) is 7.74. The molecule has 2 aromatic carbocycles. The lowest BCUT2D eigenvalue weighted by Crippen LogP contribution is -2.04. The molecule has 7 heteroatoms. The van der Waals surface area contributed by atoms with E-state index in [-0.39, 0.29) is 5.69 Å². The molecule has 0 fully saturated rings. The zero-order valence-corrected chi connectivity index (χ0v) is 13.2. The maximum absolute atomic E-state index is 10.6. The Labute approximate surface area is 136 Å². The van der Waals surface area contributed by atoms with Gasteiger partial charge in [-0.25, -0.2) is 0 Å². The quantitative estimate of drug-likeness (QED) is 0.489. The second kappa shape index (κ2) is 7.40. The number of halogens is 1. The highest BCUT2D eigenvalue weighted by Crippen LogP contribution is 2.20. The first-order valence-electron chi connectivity index (χ1n) is 5.97. The van der Waals surface area contributed by atoms with Crippen molar-refractivity contribution in [1.29, 1.82) is 0 Å². The number of nitro benzene ring substituents is 1. The maximum atomic E-state index is 10.6. The largest absolute Gasteiger partial charge is 0.341 e. The molecule has 0 aromatic heterocycles. The van der Waals surface area contributed by atoms with Crippen molar-refractivity contribution in [3.05, 3.63) is 69.2 Å². The van der Waals surface area contributed by atoms with Crippen LogP contribution in [0.2, 0.25) is 5.02 Å². The smallest absolute Gasteiger partial charge is 0.269 e. The minimum absolute atomic E-state index is 0.0885. The third-order valence-corrected chi connectivity index (χ3v) is 4.16. The van der Waals surface area contributed by atoms with E-state index in [9.17, 15) is 10.1 Å². The third kappa shape index (κ3) is 5.00. The Balaban J connectivity index is 1.86. The summed E-state index contributed by atoms with van der Waals surface area (Å²) < 4.78 is 0.635. The number of nitrogens with zero attached hydrogens (tertiary/aromatic N) is 1. The van der Waals surface area contributed by atoms with Crippen molar-refractivity contribution in [3.63, 3.8) is 0 Å². The molecule has 0 spiro atoms. The molecule has 2 aromatic rings. The van der Waals surface area contributed by atoms with Gasteiger partial charge in [-0.1, -0.05) is 47.7 Å². The van der Waals surface area contributed by atoms with Gasteiger partial charge in [-0.2, -0.15) is 0 Å². The Morgan fingerprint density at radius 2 is 1.81 bits per heavy atom. The number of hydrogen-bond acceptors (Lipinski definition) is 4. The number of benzene rings is 2. The van der Waals surface area contributed by atoms with Crippen molar-refractivity contribution >= 4 is 51.3 Å². The van der Waals surface area contributed by atoms with Crippen LogP contribution in [0.1, 0.15) is 5.56 Å². The fourth-order valence-electron chi connectivity index (χ4n) is 1.55. The molecule has 0 radical (unpaired) electrons. The average Bonchev–Trinajstić information content (AvgIpc) is 2.48. The number of non-ortho nitro benzene ring substituents is 1. The Morgan fingerprint density at radius 1 is 1.19 bits per heavy atom. The summed E-state index contributed by atoms with van der Waals surface area (Å²) in [6.45, 7) is 0. The number of rotatable bonds is 4. The lowest BCUT2D eigenvalue weighted by atomic mass is 10.2. The molecule has 0 heterocycles. The fourth-order valence-corrected chi connectivity index (χ4v) is 2.65. The highest BCUT2D eigenvalue weighted by molar-refractivity contribution is 8.22. The van der Waals surface area contributed by atoms with E-state index in [0.29, 0.717) is 15.1 Å². The predicted molar refractivity (Wildman–Crippen MR) is 92.1 cm³/mol. The zero-order valence-electron chi connectivity index (χ0n) is 10.8. The molecule has 0 aliphatic rings. The fraction of sp³-hybridized carbons (Fsp3) is 0.0714. The third-order valence-electron chi connectivity index (χ3n) is 2.61. The molecule has 0 aliphatic carbocycles. The molecule has 0 atom stereocenters. The van der Waals surface area contributed by atoms with Crippen LogP contribution in [0.15, 0.2) is 48.5 Å². The van der Waals surface area contributed by atoms with Crippen molar-refractivity contribution in [2.24, 2.45) is 0 Å². The normalized spacial score (nSPS) is 10.1. The van der Waals surface area contributed by atoms with Gasteiger partial charge in [0.1, 0.15) is 4.32 Å². The van der Waals surface area contributed by atoms with Gasteiger partial charge < -0.3 is 5.32 Å². The first kappa shape index (κ1) is 15.8. The summed E-state index contributed by atoms with van der Waals surface area (Å²) in [4.78, 5) is 10.2. The van der Waals surface area contributed by atoms with Gasteiger partial charge in [0.05, 0.1) is 4.92 Å². The van der Waals surface area contributed by atoms with Crippen LogP contribution in [-0.2, 0) is 5.75 Å². The van der Waals surface area contributed by atoms with Crippen LogP contribution in [0.3, 0.4) is 0 Å². The van der Waals surface area contributed by atoms with Crippen LogP contribution in [0.4, 0.5) is 11.4 Å². The van der Waals surface area contributed by atoms with Crippen molar-refractivity contribution in [2.45, 2.75) is 5.75 Å². The second-order valence-corrected chi connectivity index (χ2v) is 6.22. The van der Waals surface area contributed by atoms with Gasteiger partial charge in [0.2, 0.25) is 0 Å². The summed E-state index contributed by atoms with van der Waals surface area (Å²) in [6, 6.07) is 13.7. The lowest BCUT2D eigenvalue weighted by Gasteiger charge is -2.07. The van der Waals surface area contributed by atoms with Crippen molar-refractivity contribution in [3.8, 4) is 0 Å². The molecule has 1 N–H and O–H groups in total. The van der Waals surface area contributed by atoms with E-state index in [2.05, 4.69) is 5.32 Å². The number of thioether (sulfide) groups is 1. The standard InChI is InChI=1S/C14H11ClN2O2S2/c15-11-3-5-12(6-4-11)16-14(20)21-9-10-1-7-13(8-2-10)17(18)19/h1-8H,9H2,(H,16,20). The highest BCUT2D eigenvalue weighted by atomic mass is 35.5. The first-order chi connectivity index (χ1) is 10.0. The minimum Gasteiger partial charge on any atom is -0.341 e. The summed E-state index contributed by atoms with van der Waals surface area (Å²) in [6.07, 6.45) is 0. The van der Waals surface area contributed by atoms with Crippen LogP contribution in [0.5, 0.6) is 0 Å². The average molecular weight is 339 g/mol. The van der Waals surface area contributed by atoms with Crippen LogP contribution in [0, 0.1) is 10.1 Å². The molecule has 0 unspecified atom stereocenters. The van der Waals surface area contributed by atoms with Gasteiger partial charge in [-0.15, -0.1) is 0 Å². The van der Waals surface area contributed by atoms with Gasteiger partial charge in [0, 0.05) is 28.6 Å². The minimum atomic E-state index is -0.413. The van der Waals surface area contributed by atoms with Crippen LogP contribution in [0.25, 0.3) is 0 Å². The topological polar surface area (TPSA) is 55.2 Å². The molecule has 0 bridgehead atoms. The summed E-state index contributed by atoms with van der Waals surface area (Å²) in [5, 5.41) is 14.3. The SMILES string of the molecule is O=[N+]([O-])c1ccc(CSC(=S)Nc2ccc(Cl)cc2)cc1. The van der Waals surface area contributed by atoms with E-state index in [4.69, 9.17) is 23.8 Å². The summed E-state index contributed by atoms with van der Waals surface area (Å²) in [7, 11) is 0. The van der Waals surface area contributed by atoms with E-state index in [1.807, 2.05) is 12.1 Å². The van der Waals surface area contributed by atoms with E-state index < -0.39 is 4.92 Å². The molecular weight excluding hydrogens is 328 g/mol. The van der Waals surface area contributed by atoms with E-state index in [1.54, 1.807) is 24.3 Å². The van der Waals surface area contributed by atoms with E-state index in [0.717, 1.165) is 11.3 Å². The maximum Gasteiger partial charge on any atom is 0.269 e. The summed E-state index contributed by atoms with van der Waals surface area (Å²) in [5.74, 6) is 0.650. The van der Waals surface area contributed by atoms with Crippen LogP contribution < -0.4 is 5.32 Å². The number of nitro groups is 1. The molecule has 0 amide bonds. The summed E-state index contributed by atoms with van der Waals surface area (Å²) in [5.41, 5.74) is 1.94. The van der Waals surface area contributed by atoms with Crippen molar-refractivity contribution in [2.75, 3.05) is 5.32 Å². The molecule has 0 aliphatic heterocycles. The molecular formula is C14H11ClN2O2S2. The Bertz CT molecular complexity index is 645. The number of thiocarbonyl (C=S) groups is 1. The number of hydrogen-bond donors (Lipinski definition) is 1. The molecule has 21 heavy (non-hydrogen) atoms. The Kier molecular flexibility index (Phi) is 5.55. The van der Waals surface area contributed by atoms with Gasteiger partial charge in [0.15, 0.2) is 0 Å². The van der Waals surface area contributed by atoms with Gasteiger partial charge in [-0.05, 0) is 29.8 Å². The van der Waals surface area contributed by atoms with E-state index >= 15 is 0 Å². The van der Waals surface area contributed by atoms with E-state index in [1.165, 1.54) is 23.9 Å². The molecule has 0 saturated carbocycles. The van der Waals surface area contributed by atoms with Gasteiger partial charge in [-0.3, -0.25) is 10.1 Å². The van der Waals surface area contributed by atoms with Crippen LogP contribution in [-0.4, -0.2) is 9.24 Å². The highest BCUT2D eigenvalue weighted by Gasteiger charge is 2.05. The number of nitrogens with one attached hydrogen (secondary N) is 1. The Hall–Kier alpha value is -1.63. The lowest BCUT2D eigenvalue weighted by molar-refractivity contribution is -0.384. The number of anilines is 1. The molecule has 108 valence electrons. The Morgan fingerprint density at radius 3 is 2.38 bits per heavy atom. The predicted octanol–water partition coefficient (Wildman–Crippen LogP) is 4.88. The monoisotopic (exact) mass is 338 g/mol.